The summed E-state index contributed by atoms with van der Waals surface area (Å²) in [5.41, 5.74) is 0.710. The van der Waals surface area contributed by atoms with Gasteiger partial charge in [-0.25, -0.2) is 13.2 Å². The van der Waals surface area contributed by atoms with Crippen molar-refractivity contribution >= 4 is 44.6 Å². The highest BCUT2D eigenvalue weighted by Gasteiger charge is 2.26. The van der Waals surface area contributed by atoms with Gasteiger partial charge in [0.1, 0.15) is 15.5 Å². The molecule has 0 saturated heterocycles. The standard InChI is InChI=1S/C20H18N2O6S2/c1-27-14-9-7-13(8-10-14)21-19(23)15-5-3-4-6-16(15)22-30(25,26)17-11-12-29-18(17)20(24)28-2/h3-12,22H,1-2H3,(H,21,23). The number of thiophene rings is 1. The first-order valence-electron chi connectivity index (χ1n) is 8.59. The van der Waals surface area contributed by atoms with Crippen molar-refractivity contribution in [1.82, 2.24) is 0 Å². The number of methoxy groups -OCH3 is 2. The van der Waals surface area contributed by atoms with Crippen molar-refractivity contribution in [2.75, 3.05) is 24.3 Å². The molecular weight excluding hydrogens is 428 g/mol. The minimum Gasteiger partial charge on any atom is -0.497 e. The number of esters is 1. The van der Waals surface area contributed by atoms with E-state index in [2.05, 4.69) is 14.8 Å². The van der Waals surface area contributed by atoms with E-state index in [0.29, 0.717) is 11.4 Å². The van der Waals surface area contributed by atoms with Gasteiger partial charge in [-0.15, -0.1) is 11.3 Å². The van der Waals surface area contributed by atoms with Crippen molar-refractivity contribution in [3.8, 4) is 5.75 Å². The summed E-state index contributed by atoms with van der Waals surface area (Å²) in [5.74, 6) is -0.619. The van der Waals surface area contributed by atoms with Gasteiger partial charge in [0.25, 0.3) is 15.9 Å². The van der Waals surface area contributed by atoms with Gasteiger partial charge in [0.15, 0.2) is 0 Å². The maximum absolute atomic E-state index is 12.8. The Morgan fingerprint density at radius 2 is 1.67 bits per heavy atom. The smallest absolute Gasteiger partial charge is 0.349 e. The van der Waals surface area contributed by atoms with E-state index in [1.165, 1.54) is 37.8 Å². The Bertz CT molecular complexity index is 1170. The zero-order valence-electron chi connectivity index (χ0n) is 16.0. The summed E-state index contributed by atoms with van der Waals surface area (Å²) in [6.45, 7) is 0. The molecule has 0 bridgehead atoms. The molecule has 30 heavy (non-hydrogen) atoms. The summed E-state index contributed by atoms with van der Waals surface area (Å²) >= 11 is 0.952. The highest BCUT2D eigenvalue weighted by molar-refractivity contribution is 7.93. The van der Waals surface area contributed by atoms with Crippen molar-refractivity contribution in [2.45, 2.75) is 4.90 Å². The number of benzene rings is 2. The van der Waals surface area contributed by atoms with Crippen LogP contribution in [0.2, 0.25) is 0 Å². The Labute approximate surface area is 177 Å². The predicted octanol–water partition coefficient (Wildman–Crippen LogP) is 3.60. The summed E-state index contributed by atoms with van der Waals surface area (Å²) in [6, 6.07) is 14.2. The monoisotopic (exact) mass is 446 g/mol. The molecular formula is C20H18N2O6S2. The molecule has 0 aliphatic carbocycles. The second kappa shape index (κ2) is 8.97. The van der Waals surface area contributed by atoms with Crippen LogP contribution in [-0.2, 0) is 14.8 Å². The number of hydrogen-bond acceptors (Lipinski definition) is 7. The average Bonchev–Trinajstić information content (AvgIpc) is 3.25. The number of sulfonamides is 1. The van der Waals surface area contributed by atoms with Crippen LogP contribution in [0, 0.1) is 0 Å². The van der Waals surface area contributed by atoms with E-state index in [0.717, 1.165) is 11.3 Å². The van der Waals surface area contributed by atoms with Gasteiger partial charge in [-0.2, -0.15) is 0 Å². The third-order valence-electron chi connectivity index (χ3n) is 4.05. The fourth-order valence-electron chi connectivity index (χ4n) is 2.59. The van der Waals surface area contributed by atoms with Gasteiger partial charge >= 0.3 is 5.97 Å². The first-order chi connectivity index (χ1) is 14.4. The molecule has 0 radical (unpaired) electrons. The Morgan fingerprint density at radius 1 is 0.967 bits per heavy atom. The molecule has 1 aromatic heterocycles. The molecule has 0 aliphatic heterocycles. The molecule has 156 valence electrons. The van der Waals surface area contributed by atoms with Crippen LogP contribution in [0.3, 0.4) is 0 Å². The van der Waals surface area contributed by atoms with Crippen LogP contribution in [0.5, 0.6) is 5.75 Å². The number of hydrogen-bond donors (Lipinski definition) is 2. The van der Waals surface area contributed by atoms with E-state index in [1.54, 1.807) is 36.4 Å². The van der Waals surface area contributed by atoms with Gasteiger partial charge in [-0.1, -0.05) is 12.1 Å². The van der Waals surface area contributed by atoms with Crippen LogP contribution in [0.15, 0.2) is 64.9 Å². The van der Waals surface area contributed by atoms with E-state index in [1.807, 2.05) is 0 Å². The van der Waals surface area contributed by atoms with E-state index >= 15 is 0 Å². The number of nitrogens with one attached hydrogen (secondary N) is 2. The zero-order chi connectivity index (χ0) is 21.7. The van der Waals surface area contributed by atoms with Gasteiger partial charge in [0, 0.05) is 5.69 Å². The van der Waals surface area contributed by atoms with Crippen LogP contribution in [0.1, 0.15) is 20.0 Å². The van der Waals surface area contributed by atoms with Crippen LogP contribution < -0.4 is 14.8 Å². The van der Waals surface area contributed by atoms with Crippen molar-refractivity contribution in [3.63, 3.8) is 0 Å². The summed E-state index contributed by atoms with van der Waals surface area (Å²) in [6.07, 6.45) is 0. The number of amides is 1. The SMILES string of the molecule is COC(=O)c1sccc1S(=O)(=O)Nc1ccccc1C(=O)Nc1ccc(OC)cc1. The number of anilines is 2. The van der Waals surface area contributed by atoms with Crippen molar-refractivity contribution in [1.29, 1.82) is 0 Å². The van der Waals surface area contributed by atoms with Crippen LogP contribution in [0.25, 0.3) is 0 Å². The zero-order valence-corrected chi connectivity index (χ0v) is 17.7. The Hall–Kier alpha value is -3.37. The largest absolute Gasteiger partial charge is 0.497 e. The quantitative estimate of drug-likeness (QED) is 0.537. The average molecular weight is 447 g/mol. The van der Waals surface area contributed by atoms with E-state index in [-0.39, 0.29) is 21.0 Å². The molecule has 0 fully saturated rings. The second-order valence-corrected chi connectivity index (χ2v) is 8.51. The van der Waals surface area contributed by atoms with Gasteiger partial charge in [0.05, 0.1) is 25.5 Å². The molecule has 1 heterocycles. The van der Waals surface area contributed by atoms with Gasteiger partial charge < -0.3 is 14.8 Å². The fourth-order valence-corrected chi connectivity index (χ4v) is 5.01. The summed E-state index contributed by atoms with van der Waals surface area (Å²) in [5, 5.41) is 4.18. The summed E-state index contributed by atoms with van der Waals surface area (Å²) in [4.78, 5) is 24.3. The molecule has 0 spiro atoms. The number of carbonyl (C=O) groups is 2. The molecule has 0 unspecified atom stereocenters. The van der Waals surface area contributed by atoms with E-state index < -0.39 is 21.9 Å². The second-order valence-electron chi connectivity index (χ2n) is 5.94. The van der Waals surface area contributed by atoms with E-state index in [4.69, 9.17) is 4.74 Å². The number of para-hydroxylation sites is 1. The van der Waals surface area contributed by atoms with E-state index in [9.17, 15) is 18.0 Å². The first kappa shape index (κ1) is 21.3. The lowest BCUT2D eigenvalue weighted by Crippen LogP contribution is -2.19. The minimum atomic E-state index is -4.13. The molecule has 0 aliphatic rings. The van der Waals surface area contributed by atoms with Crippen molar-refractivity contribution in [3.05, 3.63) is 70.4 Å². The third-order valence-corrected chi connectivity index (χ3v) is 6.48. The Morgan fingerprint density at radius 3 is 2.33 bits per heavy atom. The molecule has 0 atom stereocenters. The molecule has 2 aromatic carbocycles. The van der Waals surface area contributed by atoms with Crippen LogP contribution in [-0.4, -0.2) is 34.5 Å². The Balaban J connectivity index is 1.87. The molecule has 1 amide bonds. The predicted molar refractivity (Wildman–Crippen MR) is 114 cm³/mol. The van der Waals surface area contributed by atoms with Crippen molar-refractivity contribution in [2.24, 2.45) is 0 Å². The van der Waals surface area contributed by atoms with Gasteiger partial charge in [0.2, 0.25) is 0 Å². The maximum atomic E-state index is 12.8. The Kier molecular flexibility index (Phi) is 6.38. The van der Waals surface area contributed by atoms with Crippen LogP contribution >= 0.6 is 11.3 Å². The summed E-state index contributed by atoms with van der Waals surface area (Å²) in [7, 11) is -1.42. The van der Waals surface area contributed by atoms with Crippen LogP contribution in [0.4, 0.5) is 11.4 Å². The lowest BCUT2D eigenvalue weighted by molar-refractivity contribution is 0.0602. The minimum absolute atomic E-state index is 0.0508. The molecule has 0 saturated carbocycles. The lowest BCUT2D eigenvalue weighted by Gasteiger charge is -2.13. The van der Waals surface area contributed by atoms with Gasteiger partial charge in [-0.3, -0.25) is 9.52 Å². The normalized spacial score (nSPS) is 10.9. The molecule has 3 aromatic rings. The first-order valence-corrected chi connectivity index (χ1v) is 10.9. The molecule has 3 rings (SSSR count). The molecule has 2 N–H and O–H groups in total. The number of carbonyl (C=O) groups excluding carboxylic acids is 2. The highest BCUT2D eigenvalue weighted by atomic mass is 32.2. The lowest BCUT2D eigenvalue weighted by atomic mass is 10.1. The number of rotatable bonds is 7. The van der Waals surface area contributed by atoms with Gasteiger partial charge in [-0.05, 0) is 47.8 Å². The highest BCUT2D eigenvalue weighted by Crippen LogP contribution is 2.27. The molecule has 10 heteroatoms. The molecule has 8 nitrogen and oxygen atoms in total. The van der Waals surface area contributed by atoms with Crippen molar-refractivity contribution < 1.29 is 27.5 Å². The topological polar surface area (TPSA) is 111 Å². The fraction of sp³-hybridized carbons (Fsp3) is 0.100. The number of ether oxygens (including phenoxy) is 2. The third kappa shape index (κ3) is 4.61. The summed E-state index contributed by atoms with van der Waals surface area (Å²) < 4.78 is 37.8. The maximum Gasteiger partial charge on any atom is 0.349 e.